The van der Waals surface area contributed by atoms with Gasteiger partial charge in [-0.25, -0.2) is 9.48 Å². The van der Waals surface area contributed by atoms with Crippen LogP contribution in [0.4, 0.5) is 5.69 Å². The third-order valence-electron chi connectivity index (χ3n) is 1.94. The van der Waals surface area contributed by atoms with Gasteiger partial charge in [0.05, 0.1) is 4.92 Å². The number of aliphatic carboxylic acids is 1. The van der Waals surface area contributed by atoms with E-state index in [2.05, 4.69) is 5.10 Å². The summed E-state index contributed by atoms with van der Waals surface area (Å²) in [5, 5.41) is 22.8. The number of carbonyl (C=O) groups is 1. The van der Waals surface area contributed by atoms with E-state index in [0.29, 0.717) is 0 Å². The van der Waals surface area contributed by atoms with Crippen molar-refractivity contribution in [2.24, 2.45) is 0 Å². The van der Waals surface area contributed by atoms with Gasteiger partial charge in [-0.1, -0.05) is 0 Å². The molecule has 1 aromatic rings. The second-order valence-corrected chi connectivity index (χ2v) is 2.83. The van der Waals surface area contributed by atoms with E-state index < -0.39 is 16.9 Å². The van der Waals surface area contributed by atoms with E-state index in [9.17, 15) is 14.9 Å². The largest absolute Gasteiger partial charge is 0.480 e. The van der Waals surface area contributed by atoms with Crippen LogP contribution in [0.1, 0.15) is 18.7 Å². The van der Waals surface area contributed by atoms with Crippen LogP contribution in [0.3, 0.4) is 0 Å². The van der Waals surface area contributed by atoms with Crippen molar-refractivity contribution in [2.45, 2.75) is 19.9 Å². The highest BCUT2D eigenvalue weighted by molar-refractivity contribution is 5.71. The lowest BCUT2D eigenvalue weighted by Gasteiger charge is -2.07. The number of carboxylic acids is 1. The maximum atomic E-state index is 10.6. The van der Waals surface area contributed by atoms with E-state index in [1.165, 1.54) is 13.8 Å². The molecule has 0 saturated heterocycles. The molecule has 7 heteroatoms. The highest BCUT2D eigenvalue weighted by atomic mass is 16.6. The van der Waals surface area contributed by atoms with Crippen molar-refractivity contribution >= 4 is 11.7 Å². The van der Waals surface area contributed by atoms with Crippen LogP contribution in [0.5, 0.6) is 0 Å². The molecule has 0 bridgehead atoms. The highest BCUT2D eigenvalue weighted by Gasteiger charge is 2.22. The Hall–Kier alpha value is -1.92. The van der Waals surface area contributed by atoms with Crippen LogP contribution >= 0.6 is 0 Å². The third-order valence-corrected chi connectivity index (χ3v) is 1.94. The molecule has 0 amide bonds. The number of nitrogens with zero attached hydrogens (tertiary/aromatic N) is 3. The van der Waals surface area contributed by atoms with Gasteiger partial charge < -0.3 is 5.11 Å². The van der Waals surface area contributed by atoms with Gasteiger partial charge >= 0.3 is 11.7 Å². The molecule has 1 atom stereocenters. The van der Waals surface area contributed by atoms with Gasteiger partial charge in [0, 0.05) is 0 Å². The quantitative estimate of drug-likeness (QED) is 0.571. The predicted molar refractivity (Wildman–Crippen MR) is 46.0 cm³/mol. The number of rotatable bonds is 3. The van der Waals surface area contributed by atoms with Crippen LogP contribution in [-0.2, 0) is 4.79 Å². The molecule has 7 nitrogen and oxygen atoms in total. The van der Waals surface area contributed by atoms with Crippen molar-refractivity contribution in [3.05, 3.63) is 22.0 Å². The molecule has 76 valence electrons. The van der Waals surface area contributed by atoms with E-state index in [1.807, 2.05) is 0 Å². The first-order valence-corrected chi connectivity index (χ1v) is 3.86. The second-order valence-electron chi connectivity index (χ2n) is 2.83. The van der Waals surface area contributed by atoms with Crippen molar-refractivity contribution in [2.75, 3.05) is 0 Å². The first kappa shape index (κ1) is 10.2. The zero-order chi connectivity index (χ0) is 10.9. The van der Waals surface area contributed by atoms with E-state index in [0.717, 1.165) is 10.9 Å². The Morgan fingerprint density at radius 1 is 1.79 bits per heavy atom. The Kier molecular flexibility index (Phi) is 2.50. The van der Waals surface area contributed by atoms with Gasteiger partial charge in [-0.15, -0.1) is 0 Å². The van der Waals surface area contributed by atoms with Gasteiger partial charge in [-0.2, -0.15) is 5.10 Å². The lowest BCUT2D eigenvalue weighted by molar-refractivity contribution is -0.385. The summed E-state index contributed by atoms with van der Waals surface area (Å²) in [7, 11) is 0. The minimum Gasteiger partial charge on any atom is -0.480 e. The molecule has 0 saturated carbocycles. The maximum Gasteiger partial charge on any atom is 0.328 e. The van der Waals surface area contributed by atoms with Crippen LogP contribution in [0.25, 0.3) is 0 Å². The Balaban J connectivity index is 3.13. The van der Waals surface area contributed by atoms with Gasteiger partial charge in [0.2, 0.25) is 0 Å². The molecule has 1 aromatic heterocycles. The summed E-state index contributed by atoms with van der Waals surface area (Å²) in [4.78, 5) is 20.4. The molecule has 0 aliphatic carbocycles. The Morgan fingerprint density at radius 2 is 2.36 bits per heavy atom. The van der Waals surface area contributed by atoms with Crippen LogP contribution in [0, 0.1) is 17.0 Å². The fourth-order valence-corrected chi connectivity index (χ4v) is 1.09. The van der Waals surface area contributed by atoms with Crippen LogP contribution in [0.15, 0.2) is 6.20 Å². The molecule has 0 aliphatic heterocycles. The van der Waals surface area contributed by atoms with Gasteiger partial charge in [-0.05, 0) is 13.8 Å². The van der Waals surface area contributed by atoms with Crippen molar-refractivity contribution in [1.82, 2.24) is 9.78 Å². The summed E-state index contributed by atoms with van der Waals surface area (Å²) in [5.41, 5.74) is 0.0722. The summed E-state index contributed by atoms with van der Waals surface area (Å²) in [5.74, 6) is -1.08. The Morgan fingerprint density at radius 3 is 2.71 bits per heavy atom. The summed E-state index contributed by atoms with van der Waals surface area (Å²) in [6.45, 7) is 2.87. The molecular formula is C7H9N3O4. The fourth-order valence-electron chi connectivity index (χ4n) is 1.09. The standard InChI is InChI=1S/C7H9N3O4/c1-4-6(10(13)14)3-8-9(4)5(2)7(11)12/h3,5H,1-2H3,(H,11,12)/t5-/m1/s1. The average Bonchev–Trinajstić information content (AvgIpc) is 2.45. The maximum absolute atomic E-state index is 10.6. The third kappa shape index (κ3) is 1.56. The van der Waals surface area contributed by atoms with Crippen molar-refractivity contribution in [3.8, 4) is 0 Å². The smallest absolute Gasteiger partial charge is 0.328 e. The summed E-state index contributed by atoms with van der Waals surface area (Å²) >= 11 is 0. The number of hydrogen-bond acceptors (Lipinski definition) is 4. The molecule has 1 heterocycles. The lowest BCUT2D eigenvalue weighted by atomic mass is 10.3. The minimum atomic E-state index is -1.08. The second kappa shape index (κ2) is 3.44. The Bertz CT molecular complexity index is 384. The number of aromatic nitrogens is 2. The van der Waals surface area contributed by atoms with E-state index >= 15 is 0 Å². The van der Waals surface area contributed by atoms with Crippen molar-refractivity contribution in [3.63, 3.8) is 0 Å². The van der Waals surface area contributed by atoms with Crippen LogP contribution in [-0.4, -0.2) is 25.8 Å². The molecule has 0 radical (unpaired) electrons. The average molecular weight is 199 g/mol. The minimum absolute atomic E-state index is 0.168. The van der Waals surface area contributed by atoms with E-state index in [-0.39, 0.29) is 11.4 Å². The summed E-state index contributed by atoms with van der Waals surface area (Å²) < 4.78 is 1.11. The number of nitro groups is 1. The zero-order valence-electron chi connectivity index (χ0n) is 7.67. The molecule has 0 unspecified atom stereocenters. The van der Waals surface area contributed by atoms with Gasteiger partial charge in [0.15, 0.2) is 0 Å². The van der Waals surface area contributed by atoms with Gasteiger partial charge in [-0.3, -0.25) is 10.1 Å². The summed E-state index contributed by atoms with van der Waals surface area (Å²) in [6.07, 6.45) is 1.05. The fraction of sp³-hybridized carbons (Fsp3) is 0.429. The molecule has 0 fully saturated rings. The molecule has 0 spiro atoms. The molecular weight excluding hydrogens is 190 g/mol. The highest BCUT2D eigenvalue weighted by Crippen LogP contribution is 2.19. The molecule has 0 aliphatic rings. The normalized spacial score (nSPS) is 12.4. The topological polar surface area (TPSA) is 98.3 Å². The lowest BCUT2D eigenvalue weighted by Crippen LogP contribution is -2.17. The van der Waals surface area contributed by atoms with Crippen molar-refractivity contribution < 1.29 is 14.8 Å². The molecule has 14 heavy (non-hydrogen) atoms. The van der Waals surface area contributed by atoms with Crippen LogP contribution in [0.2, 0.25) is 0 Å². The number of carboxylic acid groups (broad SMARTS) is 1. The Labute approximate surface area is 79.1 Å². The molecule has 1 N–H and O–H groups in total. The molecule has 1 rings (SSSR count). The first-order chi connectivity index (χ1) is 6.45. The SMILES string of the molecule is Cc1c([N+](=O)[O-])cnn1[C@H](C)C(=O)O. The first-order valence-electron chi connectivity index (χ1n) is 3.86. The molecule has 0 aromatic carbocycles. The van der Waals surface area contributed by atoms with E-state index in [1.54, 1.807) is 0 Å². The predicted octanol–water partition coefficient (Wildman–Crippen LogP) is 0.745. The monoisotopic (exact) mass is 199 g/mol. The van der Waals surface area contributed by atoms with Crippen molar-refractivity contribution in [1.29, 1.82) is 0 Å². The summed E-state index contributed by atoms with van der Waals surface area (Å²) in [6, 6.07) is -0.899. The van der Waals surface area contributed by atoms with E-state index in [4.69, 9.17) is 5.11 Å². The van der Waals surface area contributed by atoms with Gasteiger partial charge in [0.25, 0.3) is 0 Å². The van der Waals surface area contributed by atoms with Gasteiger partial charge in [0.1, 0.15) is 17.9 Å². The zero-order valence-corrected chi connectivity index (χ0v) is 7.67. The number of hydrogen-bond donors (Lipinski definition) is 1. The van der Waals surface area contributed by atoms with Crippen LogP contribution < -0.4 is 0 Å².